The van der Waals surface area contributed by atoms with Gasteiger partial charge < -0.3 is 10.2 Å². The molecule has 1 N–H and O–H groups in total. The van der Waals surface area contributed by atoms with Crippen LogP contribution in [0.1, 0.15) is 13.8 Å². The smallest absolute Gasteiger partial charge is 0.325 e. The molecule has 0 radical (unpaired) electrons. The molecule has 158 valence electrons. The molecule has 2 aliphatic heterocycles. The molecular weight excluding hydrogens is 420 g/mol. The van der Waals surface area contributed by atoms with E-state index in [4.69, 9.17) is 11.6 Å². The fourth-order valence-electron chi connectivity index (χ4n) is 3.31. The number of carbonyl (C=O) groups is 3. The highest BCUT2D eigenvalue weighted by atomic mass is 35.5. The summed E-state index contributed by atoms with van der Waals surface area (Å²) < 4.78 is 26.7. The quantitative estimate of drug-likeness (QED) is 0.677. The SMILES string of the molecule is CC(C)C1NC(=O)N(CC(=O)N2CCN(S(=O)(=O)c3ccc(Cl)cc3)CC2)C1=O. The number of amides is 4. The highest BCUT2D eigenvalue weighted by Crippen LogP contribution is 2.20. The van der Waals surface area contributed by atoms with Crippen LogP contribution in [-0.4, -0.2) is 79.1 Å². The van der Waals surface area contributed by atoms with Gasteiger partial charge in [-0.3, -0.25) is 14.5 Å². The van der Waals surface area contributed by atoms with Gasteiger partial charge in [-0.15, -0.1) is 0 Å². The van der Waals surface area contributed by atoms with E-state index in [0.29, 0.717) is 5.02 Å². The Morgan fingerprint density at radius 1 is 1.14 bits per heavy atom. The first-order chi connectivity index (χ1) is 13.6. The number of carbonyl (C=O) groups excluding carboxylic acids is 3. The number of benzene rings is 1. The minimum absolute atomic E-state index is 0.0758. The van der Waals surface area contributed by atoms with Gasteiger partial charge in [0, 0.05) is 31.2 Å². The van der Waals surface area contributed by atoms with E-state index in [0.717, 1.165) is 4.90 Å². The van der Waals surface area contributed by atoms with Crippen LogP contribution >= 0.6 is 11.6 Å². The number of rotatable bonds is 5. The first-order valence-electron chi connectivity index (χ1n) is 9.26. The van der Waals surface area contributed by atoms with Crippen LogP contribution in [0.15, 0.2) is 29.2 Å². The fraction of sp³-hybridized carbons (Fsp3) is 0.500. The van der Waals surface area contributed by atoms with Crippen LogP contribution in [0.25, 0.3) is 0 Å². The van der Waals surface area contributed by atoms with Gasteiger partial charge in [0.1, 0.15) is 12.6 Å². The summed E-state index contributed by atoms with van der Waals surface area (Å²) >= 11 is 5.81. The monoisotopic (exact) mass is 442 g/mol. The van der Waals surface area contributed by atoms with E-state index in [9.17, 15) is 22.8 Å². The van der Waals surface area contributed by atoms with Gasteiger partial charge in [0.25, 0.3) is 5.91 Å². The molecule has 0 aromatic heterocycles. The molecule has 3 rings (SSSR count). The predicted molar refractivity (Wildman–Crippen MR) is 106 cm³/mol. The fourth-order valence-corrected chi connectivity index (χ4v) is 4.86. The number of urea groups is 1. The predicted octanol–water partition coefficient (Wildman–Crippen LogP) is 0.749. The van der Waals surface area contributed by atoms with Crippen LogP contribution in [0.5, 0.6) is 0 Å². The highest BCUT2D eigenvalue weighted by molar-refractivity contribution is 7.89. The Kier molecular flexibility index (Phi) is 6.16. The summed E-state index contributed by atoms with van der Waals surface area (Å²) in [4.78, 5) is 39.4. The molecule has 1 aromatic rings. The van der Waals surface area contributed by atoms with Crippen molar-refractivity contribution in [3.63, 3.8) is 0 Å². The van der Waals surface area contributed by atoms with E-state index < -0.39 is 28.0 Å². The number of sulfonamides is 1. The number of nitrogens with one attached hydrogen (secondary N) is 1. The summed E-state index contributed by atoms with van der Waals surface area (Å²) in [5, 5.41) is 3.02. The van der Waals surface area contributed by atoms with Crippen LogP contribution in [0.3, 0.4) is 0 Å². The Morgan fingerprint density at radius 3 is 2.24 bits per heavy atom. The third kappa shape index (κ3) is 4.39. The summed E-state index contributed by atoms with van der Waals surface area (Å²) in [5.74, 6) is -0.878. The van der Waals surface area contributed by atoms with Gasteiger partial charge in [0.05, 0.1) is 4.90 Å². The van der Waals surface area contributed by atoms with Crippen LogP contribution in [0, 0.1) is 5.92 Å². The Balaban J connectivity index is 1.59. The molecule has 0 saturated carbocycles. The van der Waals surface area contributed by atoms with Gasteiger partial charge in [-0.25, -0.2) is 13.2 Å². The van der Waals surface area contributed by atoms with E-state index in [1.54, 1.807) is 0 Å². The van der Waals surface area contributed by atoms with Crippen LogP contribution in [0.4, 0.5) is 4.79 Å². The van der Waals surface area contributed by atoms with E-state index >= 15 is 0 Å². The third-order valence-corrected chi connectivity index (χ3v) is 7.22. The molecule has 2 saturated heterocycles. The second-order valence-electron chi connectivity index (χ2n) is 7.33. The maximum Gasteiger partial charge on any atom is 0.325 e. The second-order valence-corrected chi connectivity index (χ2v) is 9.71. The van der Waals surface area contributed by atoms with Crippen LogP contribution in [-0.2, 0) is 19.6 Å². The number of hydrogen-bond acceptors (Lipinski definition) is 5. The zero-order valence-corrected chi connectivity index (χ0v) is 17.7. The van der Waals surface area contributed by atoms with Crippen molar-refractivity contribution in [2.24, 2.45) is 5.92 Å². The average molecular weight is 443 g/mol. The van der Waals surface area contributed by atoms with E-state index in [2.05, 4.69) is 5.32 Å². The van der Waals surface area contributed by atoms with Crippen molar-refractivity contribution in [3.8, 4) is 0 Å². The molecule has 1 atom stereocenters. The highest BCUT2D eigenvalue weighted by Gasteiger charge is 2.41. The second kappa shape index (κ2) is 8.29. The molecule has 4 amide bonds. The molecule has 0 aliphatic carbocycles. The average Bonchev–Trinajstić information content (AvgIpc) is 2.97. The summed E-state index contributed by atoms with van der Waals surface area (Å²) in [6, 6.07) is 4.70. The first kappa shape index (κ1) is 21.5. The largest absolute Gasteiger partial charge is 0.338 e. The summed E-state index contributed by atoms with van der Waals surface area (Å²) in [5.41, 5.74) is 0. The molecule has 2 aliphatic rings. The Hall–Kier alpha value is -2.17. The topological polar surface area (TPSA) is 107 Å². The number of piperazine rings is 1. The lowest BCUT2D eigenvalue weighted by atomic mass is 10.1. The Bertz CT molecular complexity index is 911. The maximum absolute atomic E-state index is 12.7. The van der Waals surface area contributed by atoms with Crippen molar-refractivity contribution in [2.75, 3.05) is 32.7 Å². The molecule has 0 bridgehead atoms. The van der Waals surface area contributed by atoms with Crippen LogP contribution < -0.4 is 5.32 Å². The lowest BCUT2D eigenvalue weighted by Gasteiger charge is -2.34. The van der Waals surface area contributed by atoms with Gasteiger partial charge in [-0.2, -0.15) is 4.31 Å². The van der Waals surface area contributed by atoms with Gasteiger partial charge in [0.15, 0.2) is 0 Å². The van der Waals surface area contributed by atoms with Crippen molar-refractivity contribution in [3.05, 3.63) is 29.3 Å². The summed E-state index contributed by atoms with van der Waals surface area (Å²) in [6.45, 7) is 3.91. The van der Waals surface area contributed by atoms with Crippen molar-refractivity contribution in [1.29, 1.82) is 0 Å². The molecule has 0 spiro atoms. The standard InChI is InChI=1S/C18H23ClN4O5S/c1-12(2)16-17(25)23(18(26)20-16)11-15(24)21-7-9-22(10-8-21)29(27,28)14-5-3-13(19)4-6-14/h3-6,12,16H,7-11H2,1-2H3,(H,20,26). The van der Waals surface area contributed by atoms with E-state index in [1.165, 1.54) is 33.5 Å². The molecule has 1 unspecified atom stereocenters. The van der Waals surface area contributed by atoms with Crippen molar-refractivity contribution >= 4 is 39.5 Å². The van der Waals surface area contributed by atoms with Gasteiger partial charge >= 0.3 is 6.03 Å². The number of hydrogen-bond donors (Lipinski definition) is 1. The molecule has 1 aromatic carbocycles. The number of halogens is 1. The zero-order chi connectivity index (χ0) is 21.3. The van der Waals surface area contributed by atoms with E-state index in [1.807, 2.05) is 13.8 Å². The lowest BCUT2D eigenvalue weighted by molar-refractivity contribution is -0.138. The van der Waals surface area contributed by atoms with Gasteiger partial charge in [-0.05, 0) is 30.2 Å². The molecule has 29 heavy (non-hydrogen) atoms. The normalized spacial score (nSPS) is 21.0. The minimum atomic E-state index is -3.68. The van der Waals surface area contributed by atoms with Crippen molar-refractivity contribution in [2.45, 2.75) is 24.8 Å². The Labute approximate surface area is 174 Å². The number of imide groups is 1. The summed E-state index contributed by atoms with van der Waals surface area (Å²) in [6.07, 6.45) is 0. The number of nitrogens with zero attached hydrogens (tertiary/aromatic N) is 3. The molecule has 2 heterocycles. The van der Waals surface area contributed by atoms with Crippen LogP contribution in [0.2, 0.25) is 5.02 Å². The third-order valence-electron chi connectivity index (χ3n) is 5.06. The molecule has 2 fully saturated rings. The van der Waals surface area contributed by atoms with Crippen molar-refractivity contribution < 1.29 is 22.8 Å². The van der Waals surface area contributed by atoms with Gasteiger partial charge in [0.2, 0.25) is 15.9 Å². The molecule has 9 nitrogen and oxygen atoms in total. The first-order valence-corrected chi connectivity index (χ1v) is 11.1. The van der Waals surface area contributed by atoms with E-state index in [-0.39, 0.29) is 49.4 Å². The zero-order valence-electron chi connectivity index (χ0n) is 16.2. The molecular formula is C18H23ClN4O5S. The minimum Gasteiger partial charge on any atom is -0.338 e. The molecule has 11 heteroatoms. The lowest BCUT2D eigenvalue weighted by Crippen LogP contribution is -2.53. The van der Waals surface area contributed by atoms with Gasteiger partial charge in [-0.1, -0.05) is 25.4 Å². The Morgan fingerprint density at radius 2 is 1.72 bits per heavy atom. The maximum atomic E-state index is 12.7. The summed E-state index contributed by atoms with van der Waals surface area (Å²) in [7, 11) is -3.68. The van der Waals surface area contributed by atoms with Crippen molar-refractivity contribution in [1.82, 2.24) is 19.4 Å².